The molecule has 0 aliphatic heterocycles. The van der Waals surface area contributed by atoms with Crippen molar-refractivity contribution in [3.05, 3.63) is 28.8 Å². The highest BCUT2D eigenvalue weighted by Crippen LogP contribution is 2.33. The Bertz CT molecular complexity index is 495. The van der Waals surface area contributed by atoms with Crippen molar-refractivity contribution in [2.24, 2.45) is 0 Å². The number of esters is 1. The van der Waals surface area contributed by atoms with Crippen molar-refractivity contribution >= 4 is 5.97 Å². The maximum atomic E-state index is 12.8. The number of nitriles is 1. The van der Waals surface area contributed by atoms with Crippen LogP contribution in [0.1, 0.15) is 30.0 Å². The van der Waals surface area contributed by atoms with E-state index in [1.54, 1.807) is 13.0 Å². The summed E-state index contributed by atoms with van der Waals surface area (Å²) in [4.78, 5) is 11.3. The molecule has 1 aromatic carbocycles. The summed E-state index contributed by atoms with van der Waals surface area (Å²) >= 11 is 0. The van der Waals surface area contributed by atoms with E-state index in [9.17, 15) is 18.7 Å². The van der Waals surface area contributed by atoms with E-state index in [1.165, 1.54) is 0 Å². The number of ether oxygens (including phenoxy) is 1. The number of alkyl halides is 2. The number of phenolic OH excluding ortho intramolecular Hbond substituents is 1. The first kappa shape index (κ1) is 13.9. The highest BCUT2D eigenvalue weighted by atomic mass is 19.3. The van der Waals surface area contributed by atoms with Crippen molar-refractivity contribution in [2.75, 3.05) is 6.61 Å². The average Bonchev–Trinajstić information content (AvgIpc) is 2.27. The highest BCUT2D eigenvalue weighted by molar-refractivity contribution is 5.74. The summed E-state index contributed by atoms with van der Waals surface area (Å²) in [6, 6.07) is 3.81. The number of phenols is 1. The SMILES string of the molecule is CCOC(=O)Cc1cc(C#N)cc(O)c1C(F)F. The minimum atomic E-state index is -2.93. The molecular formula is C12H11F2NO3. The van der Waals surface area contributed by atoms with Crippen LogP contribution in [0.2, 0.25) is 0 Å². The van der Waals surface area contributed by atoms with Crippen LogP contribution in [0.3, 0.4) is 0 Å². The molecule has 0 saturated carbocycles. The first-order valence-electron chi connectivity index (χ1n) is 5.19. The summed E-state index contributed by atoms with van der Waals surface area (Å²) < 4.78 is 30.2. The molecule has 0 bridgehead atoms. The maximum absolute atomic E-state index is 12.8. The third-order valence-electron chi connectivity index (χ3n) is 2.23. The molecule has 6 heteroatoms. The van der Waals surface area contributed by atoms with Crippen LogP contribution in [-0.2, 0) is 16.0 Å². The van der Waals surface area contributed by atoms with Gasteiger partial charge < -0.3 is 9.84 Å². The number of hydrogen-bond acceptors (Lipinski definition) is 4. The summed E-state index contributed by atoms with van der Waals surface area (Å²) in [5.74, 6) is -1.38. The molecule has 0 fully saturated rings. The van der Waals surface area contributed by atoms with Crippen molar-refractivity contribution in [3.8, 4) is 11.8 Å². The van der Waals surface area contributed by atoms with Gasteiger partial charge in [-0.1, -0.05) is 0 Å². The van der Waals surface area contributed by atoms with Crippen LogP contribution in [0.5, 0.6) is 5.75 Å². The normalized spacial score (nSPS) is 10.2. The van der Waals surface area contributed by atoms with E-state index in [4.69, 9.17) is 5.26 Å². The van der Waals surface area contributed by atoms with Crippen LogP contribution in [0.15, 0.2) is 12.1 Å². The standard InChI is InChI=1S/C12H11F2NO3/c1-2-18-10(17)5-8-3-7(6-15)4-9(16)11(8)12(13)14/h3-4,12,16H,2,5H2,1H3. The van der Waals surface area contributed by atoms with Gasteiger partial charge in [-0.15, -0.1) is 0 Å². The fourth-order valence-electron chi connectivity index (χ4n) is 1.53. The average molecular weight is 255 g/mol. The van der Waals surface area contributed by atoms with Crippen molar-refractivity contribution in [1.82, 2.24) is 0 Å². The van der Waals surface area contributed by atoms with Crippen molar-refractivity contribution in [1.29, 1.82) is 5.26 Å². The zero-order valence-corrected chi connectivity index (χ0v) is 9.61. The molecule has 4 nitrogen and oxygen atoms in total. The summed E-state index contributed by atoms with van der Waals surface area (Å²) in [5.41, 5.74) is -0.724. The van der Waals surface area contributed by atoms with Crippen LogP contribution in [0, 0.1) is 11.3 Å². The fraction of sp³-hybridized carbons (Fsp3) is 0.333. The zero-order chi connectivity index (χ0) is 13.7. The second kappa shape index (κ2) is 5.96. The lowest BCUT2D eigenvalue weighted by Gasteiger charge is -2.11. The van der Waals surface area contributed by atoms with Crippen LogP contribution in [0.4, 0.5) is 8.78 Å². The lowest BCUT2D eigenvalue weighted by atomic mass is 10.0. The van der Waals surface area contributed by atoms with Gasteiger partial charge in [-0.05, 0) is 24.6 Å². The molecule has 18 heavy (non-hydrogen) atoms. The molecule has 0 aliphatic rings. The van der Waals surface area contributed by atoms with Crippen LogP contribution in [-0.4, -0.2) is 17.7 Å². The van der Waals surface area contributed by atoms with Gasteiger partial charge in [0.05, 0.1) is 30.2 Å². The molecule has 0 radical (unpaired) electrons. The first-order chi connectivity index (χ1) is 8.49. The van der Waals surface area contributed by atoms with Crippen LogP contribution < -0.4 is 0 Å². The Balaban J connectivity index is 3.18. The van der Waals surface area contributed by atoms with E-state index < -0.39 is 30.1 Å². The molecule has 1 rings (SSSR count). The molecule has 1 aromatic rings. The van der Waals surface area contributed by atoms with Gasteiger partial charge in [0.1, 0.15) is 5.75 Å². The van der Waals surface area contributed by atoms with E-state index in [0.717, 1.165) is 12.1 Å². The summed E-state index contributed by atoms with van der Waals surface area (Å²) in [6.07, 6.45) is -3.33. The Kier molecular flexibility index (Phi) is 4.60. The van der Waals surface area contributed by atoms with Gasteiger partial charge >= 0.3 is 5.97 Å². The van der Waals surface area contributed by atoms with Crippen molar-refractivity contribution < 1.29 is 23.4 Å². The van der Waals surface area contributed by atoms with Crippen molar-refractivity contribution in [2.45, 2.75) is 19.8 Å². The monoisotopic (exact) mass is 255 g/mol. The number of carbonyl (C=O) groups is 1. The number of nitrogens with zero attached hydrogens (tertiary/aromatic N) is 1. The Morgan fingerprint density at radius 2 is 2.22 bits per heavy atom. The second-order valence-corrected chi connectivity index (χ2v) is 3.46. The topological polar surface area (TPSA) is 70.3 Å². The van der Waals surface area contributed by atoms with Gasteiger partial charge in [0.2, 0.25) is 0 Å². The zero-order valence-electron chi connectivity index (χ0n) is 9.61. The Morgan fingerprint density at radius 3 is 2.72 bits per heavy atom. The minimum Gasteiger partial charge on any atom is -0.507 e. The molecule has 0 saturated heterocycles. The molecule has 0 atom stereocenters. The van der Waals surface area contributed by atoms with E-state index in [2.05, 4.69) is 4.74 Å². The predicted octanol–water partition coefficient (Wildman–Crippen LogP) is 2.31. The van der Waals surface area contributed by atoms with Crippen LogP contribution in [0.25, 0.3) is 0 Å². The highest BCUT2D eigenvalue weighted by Gasteiger charge is 2.21. The Hall–Kier alpha value is -2.16. The van der Waals surface area contributed by atoms with Crippen LogP contribution >= 0.6 is 0 Å². The molecule has 1 N–H and O–H groups in total. The largest absolute Gasteiger partial charge is 0.507 e. The van der Waals surface area contributed by atoms with Gasteiger partial charge in [0.25, 0.3) is 6.43 Å². The van der Waals surface area contributed by atoms with Gasteiger partial charge in [-0.2, -0.15) is 5.26 Å². The first-order valence-corrected chi connectivity index (χ1v) is 5.19. The molecule has 0 unspecified atom stereocenters. The molecule has 0 amide bonds. The Morgan fingerprint density at radius 1 is 1.56 bits per heavy atom. The number of benzene rings is 1. The predicted molar refractivity (Wildman–Crippen MR) is 58.1 cm³/mol. The fourth-order valence-corrected chi connectivity index (χ4v) is 1.53. The number of aromatic hydroxyl groups is 1. The lowest BCUT2D eigenvalue weighted by molar-refractivity contribution is -0.142. The third-order valence-corrected chi connectivity index (χ3v) is 2.23. The van der Waals surface area contributed by atoms with E-state index >= 15 is 0 Å². The number of carbonyl (C=O) groups excluding carboxylic acids is 1. The lowest BCUT2D eigenvalue weighted by Crippen LogP contribution is -2.10. The molecule has 0 heterocycles. The molecular weight excluding hydrogens is 244 g/mol. The van der Waals surface area contributed by atoms with Gasteiger partial charge in [-0.3, -0.25) is 4.79 Å². The van der Waals surface area contributed by atoms with Gasteiger partial charge in [0.15, 0.2) is 0 Å². The summed E-state index contributed by atoms with van der Waals surface area (Å²) in [7, 11) is 0. The number of rotatable bonds is 4. The Labute approximate surface area is 102 Å². The quantitative estimate of drug-likeness (QED) is 0.838. The summed E-state index contributed by atoms with van der Waals surface area (Å²) in [5, 5.41) is 18.1. The van der Waals surface area contributed by atoms with E-state index in [0.29, 0.717) is 0 Å². The minimum absolute atomic E-state index is 0.0104. The smallest absolute Gasteiger partial charge is 0.310 e. The number of halogens is 2. The van der Waals surface area contributed by atoms with Gasteiger partial charge in [-0.25, -0.2) is 8.78 Å². The number of hydrogen-bond donors (Lipinski definition) is 1. The maximum Gasteiger partial charge on any atom is 0.310 e. The van der Waals surface area contributed by atoms with Crippen molar-refractivity contribution in [3.63, 3.8) is 0 Å². The third kappa shape index (κ3) is 3.17. The molecule has 0 aliphatic carbocycles. The van der Waals surface area contributed by atoms with E-state index in [1.807, 2.05) is 0 Å². The molecule has 96 valence electrons. The second-order valence-electron chi connectivity index (χ2n) is 3.46. The molecule has 0 spiro atoms. The molecule has 0 aromatic heterocycles. The van der Waals surface area contributed by atoms with Gasteiger partial charge in [0, 0.05) is 0 Å². The summed E-state index contributed by atoms with van der Waals surface area (Å²) in [6.45, 7) is 1.72. The van der Waals surface area contributed by atoms with E-state index in [-0.39, 0.29) is 17.7 Å².